The average Bonchev–Trinajstić information content (AvgIpc) is 2.66. The molecule has 2 aromatic carbocycles. The summed E-state index contributed by atoms with van der Waals surface area (Å²) in [6.07, 6.45) is 0.519. The van der Waals surface area contributed by atoms with Crippen LogP contribution in [0.5, 0.6) is 11.5 Å². The molecular formula is C21H22N2O6. The zero-order chi connectivity index (χ0) is 21.2. The lowest BCUT2D eigenvalue weighted by Crippen LogP contribution is -2.30. The zero-order valence-electron chi connectivity index (χ0n) is 16.2. The molecule has 0 bridgehead atoms. The van der Waals surface area contributed by atoms with Gasteiger partial charge in [-0.1, -0.05) is 12.1 Å². The molecule has 0 aliphatic heterocycles. The number of hydrogen-bond donors (Lipinski definition) is 2. The van der Waals surface area contributed by atoms with Gasteiger partial charge in [-0.3, -0.25) is 19.2 Å². The van der Waals surface area contributed by atoms with Crippen molar-refractivity contribution in [1.82, 2.24) is 10.6 Å². The molecule has 0 aromatic heterocycles. The van der Waals surface area contributed by atoms with Gasteiger partial charge in [0.15, 0.2) is 0 Å². The van der Waals surface area contributed by atoms with Crippen molar-refractivity contribution in [1.29, 1.82) is 0 Å². The summed E-state index contributed by atoms with van der Waals surface area (Å²) < 4.78 is 9.90. The van der Waals surface area contributed by atoms with Crippen molar-refractivity contribution >= 4 is 23.8 Å². The summed E-state index contributed by atoms with van der Waals surface area (Å²) in [6.45, 7) is 3.27. The molecule has 29 heavy (non-hydrogen) atoms. The summed E-state index contributed by atoms with van der Waals surface area (Å²) in [6, 6.07) is 12.6. The predicted molar refractivity (Wildman–Crippen MR) is 105 cm³/mol. The maximum Gasteiger partial charge on any atom is 0.308 e. The summed E-state index contributed by atoms with van der Waals surface area (Å²) in [4.78, 5) is 46.3. The molecule has 0 aliphatic rings. The van der Waals surface area contributed by atoms with Crippen LogP contribution >= 0.6 is 0 Å². The van der Waals surface area contributed by atoms with E-state index in [0.29, 0.717) is 42.1 Å². The molecule has 0 heterocycles. The van der Waals surface area contributed by atoms with E-state index in [1.807, 2.05) is 0 Å². The van der Waals surface area contributed by atoms with Gasteiger partial charge in [0.25, 0.3) is 11.8 Å². The fraction of sp³-hybridized carbons (Fsp3) is 0.238. The molecule has 2 aromatic rings. The van der Waals surface area contributed by atoms with Crippen LogP contribution in [0.1, 0.15) is 41.0 Å². The van der Waals surface area contributed by atoms with Crippen LogP contribution in [0.4, 0.5) is 0 Å². The smallest absolute Gasteiger partial charge is 0.308 e. The van der Waals surface area contributed by atoms with Crippen LogP contribution < -0.4 is 20.1 Å². The van der Waals surface area contributed by atoms with Gasteiger partial charge in [-0.25, -0.2) is 0 Å². The first-order valence-electron chi connectivity index (χ1n) is 8.98. The van der Waals surface area contributed by atoms with Gasteiger partial charge in [0.1, 0.15) is 11.5 Å². The predicted octanol–water partition coefficient (Wildman–Crippen LogP) is 2.09. The first-order valence-corrected chi connectivity index (χ1v) is 8.98. The second-order valence-corrected chi connectivity index (χ2v) is 6.11. The summed E-state index contributed by atoms with van der Waals surface area (Å²) >= 11 is 0. The molecule has 8 heteroatoms. The van der Waals surface area contributed by atoms with Gasteiger partial charge in [-0.2, -0.15) is 0 Å². The third-order valence-electron chi connectivity index (χ3n) is 3.64. The van der Waals surface area contributed by atoms with E-state index in [9.17, 15) is 19.2 Å². The van der Waals surface area contributed by atoms with Gasteiger partial charge in [0, 0.05) is 38.1 Å². The first kappa shape index (κ1) is 21.6. The number of carbonyl (C=O) groups excluding carboxylic acids is 4. The van der Waals surface area contributed by atoms with Crippen molar-refractivity contribution < 1.29 is 28.7 Å². The van der Waals surface area contributed by atoms with Crippen LogP contribution in [0.15, 0.2) is 48.5 Å². The van der Waals surface area contributed by atoms with Gasteiger partial charge in [0.2, 0.25) is 0 Å². The summed E-state index contributed by atoms with van der Waals surface area (Å²) in [5.41, 5.74) is 0.741. The van der Waals surface area contributed by atoms with Crippen LogP contribution in [0.2, 0.25) is 0 Å². The number of carbonyl (C=O) groups is 4. The number of rotatable bonds is 8. The second kappa shape index (κ2) is 10.6. The van der Waals surface area contributed by atoms with Crippen molar-refractivity contribution in [3.63, 3.8) is 0 Å². The maximum atomic E-state index is 12.1. The van der Waals surface area contributed by atoms with E-state index in [1.54, 1.807) is 36.4 Å². The Morgan fingerprint density at radius 2 is 1.14 bits per heavy atom. The Balaban J connectivity index is 1.75. The third-order valence-corrected chi connectivity index (χ3v) is 3.64. The van der Waals surface area contributed by atoms with Gasteiger partial charge < -0.3 is 20.1 Å². The Morgan fingerprint density at radius 3 is 1.52 bits per heavy atom. The Kier molecular flexibility index (Phi) is 7.90. The van der Waals surface area contributed by atoms with Crippen molar-refractivity contribution in [2.24, 2.45) is 0 Å². The van der Waals surface area contributed by atoms with Crippen molar-refractivity contribution in [3.05, 3.63) is 59.7 Å². The minimum absolute atomic E-state index is 0.299. The van der Waals surface area contributed by atoms with Crippen LogP contribution in [0.3, 0.4) is 0 Å². The molecule has 2 N–H and O–H groups in total. The van der Waals surface area contributed by atoms with Crippen LogP contribution in [0, 0.1) is 0 Å². The molecule has 0 fully saturated rings. The van der Waals surface area contributed by atoms with Gasteiger partial charge in [0.05, 0.1) is 0 Å². The summed E-state index contributed by atoms with van der Waals surface area (Å²) in [5.74, 6) is -0.936. The summed E-state index contributed by atoms with van der Waals surface area (Å²) in [7, 11) is 0. The molecule has 2 amide bonds. The van der Waals surface area contributed by atoms with Crippen LogP contribution in [-0.2, 0) is 9.59 Å². The molecule has 0 aliphatic carbocycles. The number of ether oxygens (including phenoxy) is 2. The largest absolute Gasteiger partial charge is 0.427 e. The fourth-order valence-electron chi connectivity index (χ4n) is 2.43. The fourth-order valence-corrected chi connectivity index (χ4v) is 2.43. The second-order valence-electron chi connectivity index (χ2n) is 6.11. The lowest BCUT2D eigenvalue weighted by atomic mass is 10.2. The molecule has 152 valence electrons. The quantitative estimate of drug-likeness (QED) is 0.400. The van der Waals surface area contributed by atoms with E-state index in [1.165, 1.54) is 26.0 Å². The molecule has 0 saturated heterocycles. The molecule has 0 atom stereocenters. The molecular weight excluding hydrogens is 376 g/mol. The van der Waals surface area contributed by atoms with E-state index in [4.69, 9.17) is 9.47 Å². The van der Waals surface area contributed by atoms with E-state index >= 15 is 0 Å². The highest BCUT2D eigenvalue weighted by Gasteiger charge is 2.09. The monoisotopic (exact) mass is 398 g/mol. The summed E-state index contributed by atoms with van der Waals surface area (Å²) in [5, 5.41) is 5.47. The number of nitrogens with one attached hydrogen (secondary N) is 2. The molecule has 0 saturated carbocycles. The minimum atomic E-state index is -0.461. The Bertz CT molecular complexity index is 836. The van der Waals surface area contributed by atoms with E-state index in [2.05, 4.69) is 10.6 Å². The molecule has 0 unspecified atom stereocenters. The molecule has 8 nitrogen and oxygen atoms in total. The number of amides is 2. The van der Waals surface area contributed by atoms with Crippen LogP contribution in [0.25, 0.3) is 0 Å². The lowest BCUT2D eigenvalue weighted by molar-refractivity contribution is -0.132. The lowest BCUT2D eigenvalue weighted by Gasteiger charge is -2.09. The maximum absolute atomic E-state index is 12.1. The van der Waals surface area contributed by atoms with E-state index < -0.39 is 11.9 Å². The molecule has 0 spiro atoms. The number of benzene rings is 2. The average molecular weight is 398 g/mol. The van der Waals surface area contributed by atoms with E-state index in [0.717, 1.165) is 0 Å². The minimum Gasteiger partial charge on any atom is -0.427 e. The van der Waals surface area contributed by atoms with Crippen LogP contribution in [-0.4, -0.2) is 36.8 Å². The van der Waals surface area contributed by atoms with Gasteiger partial charge >= 0.3 is 11.9 Å². The Hall–Kier alpha value is -3.68. The van der Waals surface area contributed by atoms with Gasteiger partial charge in [-0.05, 0) is 42.8 Å². The highest BCUT2D eigenvalue weighted by Crippen LogP contribution is 2.14. The number of hydrogen-bond acceptors (Lipinski definition) is 6. The first-order chi connectivity index (χ1) is 13.8. The molecule has 2 rings (SSSR count). The topological polar surface area (TPSA) is 111 Å². The van der Waals surface area contributed by atoms with Crippen molar-refractivity contribution in [3.8, 4) is 11.5 Å². The Morgan fingerprint density at radius 1 is 0.724 bits per heavy atom. The molecule has 0 radical (unpaired) electrons. The van der Waals surface area contributed by atoms with Crippen molar-refractivity contribution in [2.45, 2.75) is 20.3 Å². The standard InChI is InChI=1S/C21H22N2O6/c1-14(24)28-18-8-3-6-16(12-18)20(26)22-10-5-11-23-21(27)17-7-4-9-19(13-17)29-15(2)25/h3-4,6-9,12-13H,5,10-11H2,1-2H3,(H,22,26)(H,23,27). The third kappa shape index (κ3) is 7.45. The van der Waals surface area contributed by atoms with E-state index in [-0.39, 0.29) is 11.8 Å². The highest BCUT2D eigenvalue weighted by atomic mass is 16.5. The zero-order valence-corrected chi connectivity index (χ0v) is 16.2. The SMILES string of the molecule is CC(=O)Oc1cccc(C(=O)NCCCNC(=O)c2cccc(OC(C)=O)c2)c1. The van der Waals surface area contributed by atoms with Gasteiger partial charge in [-0.15, -0.1) is 0 Å². The van der Waals surface area contributed by atoms with Crippen molar-refractivity contribution in [2.75, 3.05) is 13.1 Å². The normalized spacial score (nSPS) is 10.0. The number of esters is 2. The Labute approximate surface area is 168 Å². The highest BCUT2D eigenvalue weighted by molar-refractivity contribution is 5.95.